The number of rotatable bonds is 5. The van der Waals surface area contributed by atoms with Gasteiger partial charge in [0, 0.05) is 6.42 Å². The van der Waals surface area contributed by atoms with E-state index in [9.17, 15) is 31.5 Å². The molecule has 1 atom stereocenters. The highest BCUT2D eigenvalue weighted by Gasteiger charge is 2.31. The molecule has 0 unspecified atom stereocenters. The van der Waals surface area contributed by atoms with Gasteiger partial charge in [0.15, 0.2) is 11.6 Å². The van der Waals surface area contributed by atoms with Crippen molar-refractivity contribution in [2.75, 3.05) is 7.11 Å². The molecular weight excluding hydrogens is 373 g/mol. The van der Waals surface area contributed by atoms with Gasteiger partial charge in [-0.3, -0.25) is 4.79 Å². The molecule has 0 saturated carbocycles. The molecule has 0 bridgehead atoms. The Morgan fingerprint density at radius 2 is 1.78 bits per heavy atom. The third kappa shape index (κ3) is 5.02. The number of carbonyl (C=O) groups excluding carboxylic acids is 2. The summed E-state index contributed by atoms with van der Waals surface area (Å²) in [6.07, 6.45) is -4.91. The standard InChI is InChI=1S/C18H14F5NO3/c1-27-17(26)14(9-10-4-2-5-11(8-10)18(21,22)23)24-16(25)12-6-3-7-13(19)15(12)20/h2-8,14H,9H2,1H3,(H,24,25)/t14-/m1/s1. The number of hydrogen-bond donors (Lipinski definition) is 1. The molecule has 0 aliphatic carbocycles. The van der Waals surface area contributed by atoms with E-state index in [0.717, 1.165) is 43.5 Å². The minimum atomic E-state index is -4.58. The maximum atomic E-state index is 13.7. The molecule has 0 radical (unpaired) electrons. The lowest BCUT2D eigenvalue weighted by Crippen LogP contribution is -2.43. The van der Waals surface area contributed by atoms with E-state index in [1.54, 1.807) is 0 Å². The lowest BCUT2D eigenvalue weighted by molar-refractivity contribution is -0.142. The minimum Gasteiger partial charge on any atom is -0.467 e. The predicted molar refractivity (Wildman–Crippen MR) is 84.8 cm³/mol. The number of alkyl halides is 3. The Bertz CT molecular complexity index is 851. The number of esters is 1. The molecule has 27 heavy (non-hydrogen) atoms. The largest absolute Gasteiger partial charge is 0.467 e. The molecule has 2 aromatic rings. The maximum absolute atomic E-state index is 13.7. The van der Waals surface area contributed by atoms with Crippen LogP contribution < -0.4 is 5.32 Å². The molecule has 9 heteroatoms. The van der Waals surface area contributed by atoms with Crippen molar-refractivity contribution in [1.82, 2.24) is 5.32 Å². The van der Waals surface area contributed by atoms with E-state index < -0.39 is 46.9 Å². The van der Waals surface area contributed by atoms with Crippen LogP contribution in [0.2, 0.25) is 0 Å². The SMILES string of the molecule is COC(=O)[C@@H](Cc1cccc(C(F)(F)F)c1)NC(=O)c1cccc(F)c1F. The Morgan fingerprint density at radius 3 is 2.41 bits per heavy atom. The van der Waals surface area contributed by atoms with Crippen molar-refractivity contribution >= 4 is 11.9 Å². The fourth-order valence-corrected chi connectivity index (χ4v) is 2.36. The minimum absolute atomic E-state index is 0.0974. The second-order valence-corrected chi connectivity index (χ2v) is 5.55. The van der Waals surface area contributed by atoms with Crippen LogP contribution in [-0.2, 0) is 22.1 Å². The molecule has 0 aliphatic heterocycles. The number of amides is 1. The predicted octanol–water partition coefficient (Wildman–Crippen LogP) is 3.50. The Kier molecular flexibility index (Phi) is 6.14. The summed E-state index contributed by atoms with van der Waals surface area (Å²) in [7, 11) is 1.02. The second kappa shape index (κ2) is 8.15. The van der Waals surface area contributed by atoms with E-state index in [1.807, 2.05) is 0 Å². The van der Waals surface area contributed by atoms with Gasteiger partial charge in [-0.1, -0.05) is 24.3 Å². The summed E-state index contributed by atoms with van der Waals surface area (Å²) in [6.45, 7) is 0. The summed E-state index contributed by atoms with van der Waals surface area (Å²) >= 11 is 0. The molecule has 1 N–H and O–H groups in total. The van der Waals surface area contributed by atoms with Gasteiger partial charge < -0.3 is 10.1 Å². The monoisotopic (exact) mass is 387 g/mol. The van der Waals surface area contributed by atoms with Crippen molar-refractivity contribution in [1.29, 1.82) is 0 Å². The number of benzene rings is 2. The molecule has 1 amide bonds. The molecule has 144 valence electrons. The summed E-state index contributed by atoms with van der Waals surface area (Å²) in [5.74, 6) is -4.71. The van der Waals surface area contributed by atoms with Gasteiger partial charge in [0.2, 0.25) is 0 Å². The van der Waals surface area contributed by atoms with Crippen molar-refractivity contribution in [3.8, 4) is 0 Å². The number of hydrogen-bond acceptors (Lipinski definition) is 3. The fourth-order valence-electron chi connectivity index (χ4n) is 2.36. The van der Waals surface area contributed by atoms with Crippen molar-refractivity contribution in [3.05, 3.63) is 70.8 Å². The summed E-state index contributed by atoms with van der Waals surface area (Å²) in [6, 6.07) is 5.70. The zero-order chi connectivity index (χ0) is 20.2. The van der Waals surface area contributed by atoms with Gasteiger partial charge in [0.05, 0.1) is 18.2 Å². The molecule has 2 aromatic carbocycles. The normalized spacial score (nSPS) is 12.4. The van der Waals surface area contributed by atoms with Gasteiger partial charge in [-0.25, -0.2) is 13.6 Å². The van der Waals surface area contributed by atoms with E-state index in [-0.39, 0.29) is 12.0 Å². The first-order chi connectivity index (χ1) is 12.6. The average molecular weight is 387 g/mol. The van der Waals surface area contributed by atoms with Crippen molar-refractivity contribution < 1.29 is 36.3 Å². The van der Waals surface area contributed by atoms with E-state index in [0.29, 0.717) is 0 Å². The number of nitrogens with one attached hydrogen (secondary N) is 1. The van der Waals surface area contributed by atoms with E-state index in [2.05, 4.69) is 10.1 Å². The molecule has 0 spiro atoms. The molecule has 0 aliphatic rings. The van der Waals surface area contributed by atoms with Crippen LogP contribution in [0.25, 0.3) is 0 Å². The van der Waals surface area contributed by atoms with Crippen molar-refractivity contribution in [3.63, 3.8) is 0 Å². The highest BCUT2D eigenvalue weighted by atomic mass is 19.4. The Labute approximate surface area is 150 Å². The van der Waals surface area contributed by atoms with E-state index in [4.69, 9.17) is 0 Å². The third-order valence-electron chi connectivity index (χ3n) is 3.68. The molecule has 0 aromatic heterocycles. The first-order valence-electron chi connectivity index (χ1n) is 7.62. The van der Waals surface area contributed by atoms with Gasteiger partial charge in [-0.05, 0) is 23.8 Å². The number of methoxy groups -OCH3 is 1. The molecular formula is C18H14F5NO3. The number of ether oxygens (including phenoxy) is 1. The Hall–Kier alpha value is -2.97. The molecule has 0 heterocycles. The Morgan fingerprint density at radius 1 is 1.11 bits per heavy atom. The van der Waals surface area contributed by atoms with Crippen LogP contribution in [0.1, 0.15) is 21.5 Å². The van der Waals surface area contributed by atoms with Crippen LogP contribution in [0, 0.1) is 11.6 Å². The zero-order valence-corrected chi connectivity index (χ0v) is 13.9. The summed E-state index contributed by atoms with van der Waals surface area (Å²) in [4.78, 5) is 24.0. The van der Waals surface area contributed by atoms with Gasteiger partial charge in [-0.15, -0.1) is 0 Å². The van der Waals surface area contributed by atoms with Crippen LogP contribution in [0.15, 0.2) is 42.5 Å². The van der Waals surface area contributed by atoms with Crippen LogP contribution in [-0.4, -0.2) is 25.0 Å². The summed E-state index contributed by atoms with van der Waals surface area (Å²) in [5.41, 5.74) is -1.47. The van der Waals surface area contributed by atoms with Gasteiger partial charge in [0.1, 0.15) is 6.04 Å². The highest BCUT2D eigenvalue weighted by molar-refractivity contribution is 5.97. The zero-order valence-electron chi connectivity index (χ0n) is 13.9. The van der Waals surface area contributed by atoms with Crippen LogP contribution in [0.3, 0.4) is 0 Å². The summed E-state index contributed by atoms with van der Waals surface area (Å²) < 4.78 is 69.9. The van der Waals surface area contributed by atoms with Gasteiger partial charge >= 0.3 is 12.1 Å². The second-order valence-electron chi connectivity index (χ2n) is 5.55. The Balaban J connectivity index is 2.25. The summed E-state index contributed by atoms with van der Waals surface area (Å²) in [5, 5.41) is 2.16. The van der Waals surface area contributed by atoms with Gasteiger partial charge in [-0.2, -0.15) is 13.2 Å². The van der Waals surface area contributed by atoms with E-state index >= 15 is 0 Å². The number of carbonyl (C=O) groups is 2. The van der Waals surface area contributed by atoms with Crippen LogP contribution >= 0.6 is 0 Å². The molecule has 2 rings (SSSR count). The third-order valence-corrected chi connectivity index (χ3v) is 3.68. The topological polar surface area (TPSA) is 55.4 Å². The molecule has 0 saturated heterocycles. The van der Waals surface area contributed by atoms with Crippen LogP contribution in [0.4, 0.5) is 22.0 Å². The number of halogens is 5. The van der Waals surface area contributed by atoms with Crippen molar-refractivity contribution in [2.45, 2.75) is 18.6 Å². The average Bonchev–Trinajstić information content (AvgIpc) is 2.62. The van der Waals surface area contributed by atoms with Crippen LogP contribution in [0.5, 0.6) is 0 Å². The highest BCUT2D eigenvalue weighted by Crippen LogP contribution is 2.29. The van der Waals surface area contributed by atoms with Crippen molar-refractivity contribution in [2.24, 2.45) is 0 Å². The fraction of sp³-hybridized carbons (Fsp3) is 0.222. The first-order valence-corrected chi connectivity index (χ1v) is 7.62. The lowest BCUT2D eigenvalue weighted by atomic mass is 10.0. The lowest BCUT2D eigenvalue weighted by Gasteiger charge is -2.17. The van der Waals surface area contributed by atoms with E-state index in [1.165, 1.54) is 6.07 Å². The maximum Gasteiger partial charge on any atom is 0.416 e. The van der Waals surface area contributed by atoms with Gasteiger partial charge in [0.25, 0.3) is 5.91 Å². The molecule has 0 fully saturated rings. The quantitative estimate of drug-likeness (QED) is 0.631. The smallest absolute Gasteiger partial charge is 0.416 e. The molecule has 4 nitrogen and oxygen atoms in total. The first kappa shape index (κ1) is 20.3.